The van der Waals surface area contributed by atoms with Crippen molar-refractivity contribution in [1.82, 2.24) is 14.7 Å². The first-order chi connectivity index (χ1) is 10.2. The number of nitrogens with zero attached hydrogens (tertiary/aromatic N) is 3. The van der Waals surface area contributed by atoms with E-state index < -0.39 is 0 Å². The zero-order chi connectivity index (χ0) is 14.8. The van der Waals surface area contributed by atoms with Gasteiger partial charge in [-0.25, -0.2) is 0 Å². The number of aryl methyl sites for hydroxylation is 1. The molecule has 1 amide bonds. The number of furan rings is 1. The van der Waals surface area contributed by atoms with E-state index in [1.54, 1.807) is 12.5 Å². The number of amides is 1. The van der Waals surface area contributed by atoms with Gasteiger partial charge in [-0.3, -0.25) is 9.48 Å². The van der Waals surface area contributed by atoms with E-state index in [1.807, 2.05) is 28.6 Å². The number of rotatable bonds is 4. The monoisotopic (exact) mass is 287 g/mol. The van der Waals surface area contributed by atoms with Gasteiger partial charge in [-0.15, -0.1) is 0 Å². The molecule has 0 spiro atoms. The first-order valence-electron chi connectivity index (χ1n) is 7.59. The van der Waals surface area contributed by atoms with Gasteiger partial charge < -0.3 is 9.32 Å². The van der Waals surface area contributed by atoms with Gasteiger partial charge in [-0.05, 0) is 38.3 Å². The van der Waals surface area contributed by atoms with Crippen molar-refractivity contribution in [3.8, 4) is 0 Å². The van der Waals surface area contributed by atoms with Crippen LogP contribution in [0.4, 0.5) is 0 Å². The highest BCUT2D eigenvalue weighted by molar-refractivity contribution is 5.95. The number of carbonyl (C=O) groups excluding carboxylic acids is 1. The van der Waals surface area contributed by atoms with E-state index in [9.17, 15) is 4.79 Å². The fourth-order valence-corrected chi connectivity index (χ4v) is 3.03. The summed E-state index contributed by atoms with van der Waals surface area (Å²) in [5.74, 6) is 0.938. The Kier molecular flexibility index (Phi) is 3.82. The molecule has 2 aromatic heterocycles. The van der Waals surface area contributed by atoms with Crippen LogP contribution in [0.5, 0.6) is 0 Å². The van der Waals surface area contributed by atoms with Crippen LogP contribution in [0.25, 0.3) is 0 Å². The Hall–Kier alpha value is -2.04. The first-order valence-corrected chi connectivity index (χ1v) is 7.59. The Bertz CT molecular complexity index is 616. The topological polar surface area (TPSA) is 51.3 Å². The molecule has 1 saturated heterocycles. The van der Waals surface area contributed by atoms with E-state index in [1.165, 1.54) is 0 Å². The van der Waals surface area contributed by atoms with Crippen LogP contribution >= 0.6 is 0 Å². The molecule has 3 heterocycles. The second-order valence-corrected chi connectivity index (χ2v) is 5.54. The number of likely N-dealkylation sites (tertiary alicyclic amines) is 1. The molecule has 5 heteroatoms. The number of carbonyl (C=O) groups is 1. The van der Waals surface area contributed by atoms with Crippen molar-refractivity contribution >= 4 is 5.91 Å². The third-order valence-corrected chi connectivity index (χ3v) is 4.15. The van der Waals surface area contributed by atoms with Crippen LogP contribution in [0.15, 0.2) is 29.0 Å². The fourth-order valence-electron chi connectivity index (χ4n) is 3.03. The quantitative estimate of drug-likeness (QED) is 0.868. The first kappa shape index (κ1) is 13.9. The van der Waals surface area contributed by atoms with Crippen LogP contribution in [0.2, 0.25) is 0 Å². The summed E-state index contributed by atoms with van der Waals surface area (Å²) < 4.78 is 7.40. The summed E-state index contributed by atoms with van der Waals surface area (Å²) in [7, 11) is 0. The SMILES string of the molecule is CCCn1ncc(C(=O)N2CCC[C@H]2c2ccco2)c1C. The van der Waals surface area contributed by atoms with Crippen molar-refractivity contribution in [1.29, 1.82) is 0 Å². The lowest BCUT2D eigenvalue weighted by molar-refractivity contribution is 0.0719. The van der Waals surface area contributed by atoms with E-state index in [4.69, 9.17) is 4.42 Å². The molecule has 112 valence electrons. The summed E-state index contributed by atoms with van der Waals surface area (Å²) in [6, 6.07) is 3.88. The van der Waals surface area contributed by atoms with Gasteiger partial charge in [-0.2, -0.15) is 5.10 Å². The van der Waals surface area contributed by atoms with Gasteiger partial charge in [-0.1, -0.05) is 6.92 Å². The normalized spacial score (nSPS) is 18.4. The second-order valence-electron chi connectivity index (χ2n) is 5.54. The molecule has 0 aromatic carbocycles. The van der Waals surface area contributed by atoms with E-state index >= 15 is 0 Å². The van der Waals surface area contributed by atoms with E-state index in [-0.39, 0.29) is 11.9 Å². The molecule has 0 N–H and O–H groups in total. The zero-order valence-corrected chi connectivity index (χ0v) is 12.6. The average molecular weight is 287 g/mol. The maximum Gasteiger partial charge on any atom is 0.257 e. The minimum atomic E-state index is 0.0569. The minimum Gasteiger partial charge on any atom is -0.467 e. The van der Waals surface area contributed by atoms with Gasteiger partial charge in [0.15, 0.2) is 0 Å². The summed E-state index contributed by atoms with van der Waals surface area (Å²) >= 11 is 0. The highest BCUT2D eigenvalue weighted by Crippen LogP contribution is 2.33. The van der Waals surface area contributed by atoms with Gasteiger partial charge >= 0.3 is 0 Å². The van der Waals surface area contributed by atoms with Crippen LogP contribution in [0.1, 0.15) is 54.0 Å². The van der Waals surface area contributed by atoms with Gasteiger partial charge in [0.1, 0.15) is 5.76 Å². The molecule has 0 radical (unpaired) electrons. The van der Waals surface area contributed by atoms with Gasteiger partial charge in [0.25, 0.3) is 5.91 Å². The third-order valence-electron chi connectivity index (χ3n) is 4.15. The molecule has 1 atom stereocenters. The minimum absolute atomic E-state index is 0.0569. The summed E-state index contributed by atoms with van der Waals surface area (Å²) in [5, 5.41) is 4.33. The molecule has 1 fully saturated rings. The molecule has 0 aliphatic carbocycles. The molecular formula is C16H21N3O2. The van der Waals surface area contributed by atoms with Crippen LogP contribution in [-0.2, 0) is 6.54 Å². The van der Waals surface area contributed by atoms with Crippen molar-refractivity contribution < 1.29 is 9.21 Å². The Balaban J connectivity index is 1.84. The van der Waals surface area contributed by atoms with Gasteiger partial charge in [0.05, 0.1) is 24.1 Å². The summed E-state index contributed by atoms with van der Waals surface area (Å²) in [6.45, 7) is 5.70. The zero-order valence-electron chi connectivity index (χ0n) is 12.6. The fraction of sp³-hybridized carbons (Fsp3) is 0.500. The van der Waals surface area contributed by atoms with Crippen molar-refractivity contribution in [2.45, 2.75) is 45.7 Å². The van der Waals surface area contributed by atoms with Crippen LogP contribution in [-0.4, -0.2) is 27.1 Å². The highest BCUT2D eigenvalue weighted by Gasteiger charge is 2.33. The summed E-state index contributed by atoms with van der Waals surface area (Å²) in [6.07, 6.45) is 6.35. The summed E-state index contributed by atoms with van der Waals surface area (Å²) in [5.41, 5.74) is 1.66. The molecule has 2 aromatic rings. The Morgan fingerprint density at radius 1 is 1.52 bits per heavy atom. The average Bonchev–Trinajstić information content (AvgIpc) is 3.19. The Morgan fingerprint density at radius 2 is 2.38 bits per heavy atom. The van der Waals surface area contributed by atoms with Crippen molar-refractivity contribution in [2.24, 2.45) is 0 Å². The Labute approximate surface area is 124 Å². The molecule has 21 heavy (non-hydrogen) atoms. The number of aromatic nitrogens is 2. The van der Waals surface area contributed by atoms with Crippen molar-refractivity contribution in [2.75, 3.05) is 6.54 Å². The lowest BCUT2D eigenvalue weighted by atomic mass is 10.1. The molecule has 0 unspecified atom stereocenters. The largest absolute Gasteiger partial charge is 0.467 e. The maximum absolute atomic E-state index is 12.8. The van der Waals surface area contributed by atoms with Crippen LogP contribution in [0.3, 0.4) is 0 Å². The van der Waals surface area contributed by atoms with E-state index in [2.05, 4.69) is 12.0 Å². The lowest BCUT2D eigenvalue weighted by Gasteiger charge is -2.23. The summed E-state index contributed by atoms with van der Waals surface area (Å²) in [4.78, 5) is 14.7. The predicted molar refractivity (Wildman–Crippen MR) is 79.0 cm³/mol. The molecule has 0 bridgehead atoms. The van der Waals surface area contributed by atoms with Gasteiger partial charge in [0, 0.05) is 18.8 Å². The highest BCUT2D eigenvalue weighted by atomic mass is 16.3. The van der Waals surface area contributed by atoms with Gasteiger partial charge in [0.2, 0.25) is 0 Å². The van der Waals surface area contributed by atoms with Crippen LogP contribution < -0.4 is 0 Å². The number of hydrogen-bond acceptors (Lipinski definition) is 3. The molecule has 5 nitrogen and oxygen atoms in total. The van der Waals surface area contributed by atoms with Crippen molar-refractivity contribution in [3.63, 3.8) is 0 Å². The standard InChI is InChI=1S/C16H21N3O2/c1-3-8-19-12(2)13(11-17-19)16(20)18-9-4-6-14(18)15-7-5-10-21-15/h5,7,10-11,14H,3-4,6,8-9H2,1-2H3/t14-/m0/s1. The van der Waals surface area contributed by atoms with E-state index in [0.717, 1.165) is 43.8 Å². The lowest BCUT2D eigenvalue weighted by Crippen LogP contribution is -2.30. The van der Waals surface area contributed by atoms with Crippen molar-refractivity contribution in [3.05, 3.63) is 41.6 Å². The Morgan fingerprint density at radius 3 is 3.10 bits per heavy atom. The molecule has 3 rings (SSSR count). The molecule has 1 aliphatic heterocycles. The van der Waals surface area contributed by atoms with E-state index in [0.29, 0.717) is 5.56 Å². The third kappa shape index (κ3) is 2.48. The number of hydrogen-bond donors (Lipinski definition) is 0. The molecular weight excluding hydrogens is 266 g/mol. The van der Waals surface area contributed by atoms with Crippen LogP contribution in [0, 0.1) is 6.92 Å². The second kappa shape index (κ2) is 5.76. The molecule has 0 saturated carbocycles. The smallest absolute Gasteiger partial charge is 0.257 e. The predicted octanol–water partition coefficient (Wildman–Crippen LogP) is 3.17. The maximum atomic E-state index is 12.8. The molecule has 1 aliphatic rings.